The fourth-order valence-electron chi connectivity index (χ4n) is 5.35. The van der Waals surface area contributed by atoms with Crippen molar-refractivity contribution in [3.63, 3.8) is 0 Å². The molecular weight excluding hydrogens is 410 g/mol. The van der Waals surface area contributed by atoms with Crippen LogP contribution >= 0.6 is 11.6 Å². The molecule has 0 aromatic heterocycles. The monoisotopic (exact) mass is 431 g/mol. The Balaban J connectivity index is 2.46. The number of benzene rings is 2. The van der Waals surface area contributed by atoms with Crippen molar-refractivity contribution in [1.82, 2.24) is 0 Å². The van der Waals surface area contributed by atoms with Gasteiger partial charge in [0.2, 0.25) is 0 Å². The summed E-state index contributed by atoms with van der Waals surface area (Å²) in [6.07, 6.45) is -0.662. The van der Waals surface area contributed by atoms with Crippen LogP contribution in [0.25, 0.3) is 0 Å². The molecule has 0 radical (unpaired) electrons. The van der Waals surface area contributed by atoms with Crippen LogP contribution in [-0.4, -0.2) is 32.9 Å². The predicted octanol–water partition coefficient (Wildman–Crippen LogP) is 3.58. The first kappa shape index (κ1) is 21.9. The highest BCUT2D eigenvalue weighted by Crippen LogP contribution is 2.64. The van der Waals surface area contributed by atoms with Crippen LogP contribution in [0.2, 0.25) is 5.02 Å². The van der Waals surface area contributed by atoms with E-state index in [1.165, 1.54) is 24.3 Å². The molecule has 1 saturated carbocycles. The van der Waals surface area contributed by atoms with Crippen LogP contribution in [-0.2, 0) is 20.6 Å². The van der Waals surface area contributed by atoms with E-state index in [9.17, 15) is 29.9 Å². The van der Waals surface area contributed by atoms with Crippen molar-refractivity contribution in [3.05, 3.63) is 80.9 Å². The number of ketones is 1. The number of carbonyl (C=O) groups excluding carboxylic acids is 1. The average molecular weight is 432 g/mol. The van der Waals surface area contributed by atoms with Crippen molar-refractivity contribution in [2.45, 2.75) is 43.7 Å². The van der Waals surface area contributed by atoms with Gasteiger partial charge in [0.05, 0.1) is 5.41 Å². The third-order valence-electron chi connectivity index (χ3n) is 6.58. The highest BCUT2D eigenvalue weighted by Gasteiger charge is 2.80. The summed E-state index contributed by atoms with van der Waals surface area (Å²) < 4.78 is 0. The molecule has 4 atom stereocenters. The molecule has 30 heavy (non-hydrogen) atoms. The molecule has 7 nitrogen and oxygen atoms in total. The van der Waals surface area contributed by atoms with E-state index in [4.69, 9.17) is 11.6 Å². The van der Waals surface area contributed by atoms with Crippen molar-refractivity contribution in [2.75, 3.05) is 0 Å². The molecule has 0 bridgehead atoms. The van der Waals surface area contributed by atoms with Gasteiger partial charge in [0.1, 0.15) is 11.2 Å². The standard InChI is InChI=1S/C22H22ClNO6/c1-3-20(15-7-5-4-6-8-15)18(24(29)30)22(28,16-9-11-17(23)12-10-16)13-21(20,14(2)25)19(26)27/h4-12,18,28H,3,13H2,1-2H3,(H,26,27)/t18-,20-,21+,22-/m0/s1. The maximum absolute atomic E-state index is 13.0. The first-order valence-corrected chi connectivity index (χ1v) is 9.87. The molecule has 2 aromatic rings. The second kappa shape index (κ2) is 7.49. The molecule has 2 N–H and O–H groups in total. The van der Waals surface area contributed by atoms with Crippen LogP contribution < -0.4 is 0 Å². The van der Waals surface area contributed by atoms with E-state index in [0.29, 0.717) is 10.6 Å². The number of aliphatic hydroxyl groups is 1. The van der Waals surface area contributed by atoms with Crippen molar-refractivity contribution in [1.29, 1.82) is 0 Å². The largest absolute Gasteiger partial charge is 0.480 e. The molecule has 1 fully saturated rings. The van der Waals surface area contributed by atoms with Crippen LogP contribution in [0.15, 0.2) is 54.6 Å². The maximum atomic E-state index is 13.0. The molecule has 2 aromatic carbocycles. The Morgan fingerprint density at radius 3 is 2.13 bits per heavy atom. The number of hydrogen-bond acceptors (Lipinski definition) is 5. The van der Waals surface area contributed by atoms with Crippen molar-refractivity contribution >= 4 is 23.4 Å². The molecule has 8 heteroatoms. The lowest BCUT2D eigenvalue weighted by molar-refractivity contribution is -0.555. The summed E-state index contributed by atoms with van der Waals surface area (Å²) in [5.74, 6) is -2.23. The lowest BCUT2D eigenvalue weighted by Crippen LogP contribution is -2.58. The fourth-order valence-corrected chi connectivity index (χ4v) is 5.47. The Kier molecular flexibility index (Phi) is 5.47. The molecular formula is C22H22ClNO6. The fraction of sp³-hybridized carbons (Fsp3) is 0.364. The zero-order valence-electron chi connectivity index (χ0n) is 16.5. The summed E-state index contributed by atoms with van der Waals surface area (Å²) in [6, 6.07) is 12.1. The predicted molar refractivity (Wildman–Crippen MR) is 110 cm³/mol. The Morgan fingerprint density at radius 1 is 1.13 bits per heavy atom. The summed E-state index contributed by atoms with van der Waals surface area (Å²) in [6.45, 7) is 2.73. The van der Waals surface area contributed by atoms with Gasteiger partial charge >= 0.3 is 5.97 Å². The van der Waals surface area contributed by atoms with Crippen LogP contribution in [0.5, 0.6) is 0 Å². The average Bonchev–Trinajstić information content (AvgIpc) is 2.97. The van der Waals surface area contributed by atoms with E-state index < -0.39 is 45.6 Å². The quantitative estimate of drug-likeness (QED) is 0.410. The molecule has 1 aliphatic carbocycles. The molecule has 0 unspecified atom stereocenters. The lowest BCUT2D eigenvalue weighted by Gasteiger charge is -2.41. The van der Waals surface area contributed by atoms with Gasteiger partial charge in [-0.05, 0) is 36.6 Å². The van der Waals surface area contributed by atoms with Crippen molar-refractivity contribution < 1.29 is 24.7 Å². The second-order valence-corrected chi connectivity index (χ2v) is 8.19. The number of hydrogen-bond donors (Lipinski definition) is 2. The summed E-state index contributed by atoms with van der Waals surface area (Å²) >= 11 is 5.94. The summed E-state index contributed by atoms with van der Waals surface area (Å²) in [7, 11) is 0. The minimum atomic E-state index is -2.20. The van der Waals surface area contributed by atoms with E-state index in [1.807, 2.05) is 0 Å². The minimum Gasteiger partial charge on any atom is -0.480 e. The SMILES string of the molecule is CC[C@]1(c2ccccc2)[C@H]([N+](=O)[O-])[C@@](O)(c2ccc(Cl)cc2)C[C@@]1(C(C)=O)C(=O)O. The van der Waals surface area contributed by atoms with Gasteiger partial charge in [0.25, 0.3) is 6.04 Å². The highest BCUT2D eigenvalue weighted by molar-refractivity contribution is 6.30. The number of aliphatic carboxylic acids is 1. The van der Waals surface area contributed by atoms with Crippen LogP contribution in [0.1, 0.15) is 37.8 Å². The van der Waals surface area contributed by atoms with E-state index >= 15 is 0 Å². The zero-order valence-corrected chi connectivity index (χ0v) is 17.3. The van der Waals surface area contributed by atoms with E-state index in [2.05, 4.69) is 0 Å². The second-order valence-electron chi connectivity index (χ2n) is 7.75. The third kappa shape index (κ3) is 2.76. The highest BCUT2D eigenvalue weighted by atomic mass is 35.5. The maximum Gasteiger partial charge on any atom is 0.318 e. The van der Waals surface area contributed by atoms with Gasteiger partial charge in [-0.2, -0.15) is 0 Å². The van der Waals surface area contributed by atoms with Gasteiger partial charge in [-0.3, -0.25) is 19.7 Å². The number of nitro groups is 1. The number of carboxylic acid groups (broad SMARTS) is 1. The van der Waals surface area contributed by atoms with Gasteiger partial charge in [-0.15, -0.1) is 0 Å². The van der Waals surface area contributed by atoms with Gasteiger partial charge < -0.3 is 10.2 Å². The number of nitrogens with zero attached hydrogens (tertiary/aromatic N) is 1. The summed E-state index contributed by atoms with van der Waals surface area (Å²) in [5.41, 5.74) is -5.70. The lowest BCUT2D eigenvalue weighted by atomic mass is 9.57. The Bertz CT molecular complexity index is 978. The van der Waals surface area contributed by atoms with Crippen LogP contribution in [0, 0.1) is 15.5 Å². The van der Waals surface area contributed by atoms with Crippen LogP contribution in [0.3, 0.4) is 0 Å². The molecule has 0 saturated heterocycles. The number of carbonyl (C=O) groups is 2. The Labute approximate surface area is 178 Å². The smallest absolute Gasteiger partial charge is 0.318 e. The zero-order chi connectivity index (χ0) is 22.3. The molecule has 0 spiro atoms. The van der Waals surface area contributed by atoms with E-state index in [1.54, 1.807) is 37.3 Å². The third-order valence-corrected chi connectivity index (χ3v) is 6.83. The summed E-state index contributed by atoms with van der Waals surface area (Å²) in [5, 5.41) is 34.9. The van der Waals surface area contributed by atoms with Crippen LogP contribution in [0.4, 0.5) is 0 Å². The number of rotatable bonds is 6. The topological polar surface area (TPSA) is 118 Å². The molecule has 158 valence electrons. The number of halogens is 1. The van der Waals surface area contributed by atoms with Crippen molar-refractivity contribution in [3.8, 4) is 0 Å². The minimum absolute atomic E-state index is 0.0373. The first-order valence-electron chi connectivity index (χ1n) is 9.49. The van der Waals surface area contributed by atoms with Gasteiger partial charge in [-0.25, -0.2) is 0 Å². The van der Waals surface area contributed by atoms with Gasteiger partial charge in [0, 0.05) is 16.4 Å². The normalized spacial score (nSPS) is 30.7. The first-order chi connectivity index (χ1) is 14.1. The molecule has 0 aliphatic heterocycles. The van der Waals surface area contributed by atoms with Gasteiger partial charge in [-0.1, -0.05) is 61.0 Å². The Hall–Kier alpha value is -2.77. The van der Waals surface area contributed by atoms with Crippen molar-refractivity contribution in [2.24, 2.45) is 5.41 Å². The molecule has 1 aliphatic rings. The Morgan fingerprint density at radius 2 is 1.70 bits per heavy atom. The van der Waals surface area contributed by atoms with Gasteiger partial charge in [0.15, 0.2) is 5.60 Å². The van der Waals surface area contributed by atoms with E-state index in [-0.39, 0.29) is 12.0 Å². The molecule has 3 rings (SSSR count). The molecule has 0 heterocycles. The number of Topliss-reactive ketones (excluding diaryl/α,β-unsaturated/α-hetero) is 1. The van der Waals surface area contributed by atoms with E-state index in [0.717, 1.165) is 6.92 Å². The number of carboxylic acids is 1. The molecule has 0 amide bonds. The summed E-state index contributed by atoms with van der Waals surface area (Å²) in [4.78, 5) is 37.4.